The maximum Gasteiger partial charge on any atom is 0.126 e. The number of halogens is 1. The molecule has 0 saturated heterocycles. The van der Waals surface area contributed by atoms with Crippen LogP contribution in [0.4, 0.5) is 4.39 Å². The predicted molar refractivity (Wildman–Crippen MR) is 53.6 cm³/mol. The van der Waals surface area contributed by atoms with Gasteiger partial charge in [0.2, 0.25) is 0 Å². The molecule has 0 aliphatic heterocycles. The van der Waals surface area contributed by atoms with Crippen molar-refractivity contribution in [1.29, 1.82) is 0 Å². The molecule has 1 unspecified atom stereocenters. The zero-order chi connectivity index (χ0) is 10.3. The van der Waals surface area contributed by atoms with Crippen LogP contribution >= 0.6 is 0 Å². The SMILES string of the molecule is Cc1cc(C(O)C2CC2)c(C)cc1F. The molecular formula is C12H15FO. The second-order valence-electron chi connectivity index (χ2n) is 4.24. The Morgan fingerprint density at radius 3 is 2.50 bits per heavy atom. The van der Waals surface area contributed by atoms with Gasteiger partial charge in [-0.2, -0.15) is 0 Å². The van der Waals surface area contributed by atoms with Gasteiger partial charge in [0.1, 0.15) is 5.82 Å². The van der Waals surface area contributed by atoms with Crippen LogP contribution in [0.2, 0.25) is 0 Å². The third-order valence-corrected chi connectivity index (χ3v) is 2.93. The molecule has 0 amide bonds. The van der Waals surface area contributed by atoms with Crippen LogP contribution in [0.1, 0.15) is 35.6 Å². The fourth-order valence-electron chi connectivity index (χ4n) is 1.79. The van der Waals surface area contributed by atoms with Crippen LogP contribution < -0.4 is 0 Å². The average Bonchev–Trinajstić information content (AvgIpc) is 2.93. The first-order chi connectivity index (χ1) is 6.59. The van der Waals surface area contributed by atoms with Crippen molar-refractivity contribution in [3.63, 3.8) is 0 Å². The maximum atomic E-state index is 13.2. The van der Waals surface area contributed by atoms with E-state index < -0.39 is 6.10 Å². The number of rotatable bonds is 2. The minimum absolute atomic E-state index is 0.186. The summed E-state index contributed by atoms with van der Waals surface area (Å²) in [5.74, 6) is 0.216. The fourth-order valence-corrected chi connectivity index (χ4v) is 1.79. The summed E-state index contributed by atoms with van der Waals surface area (Å²) in [6.45, 7) is 3.58. The molecule has 0 spiro atoms. The summed E-state index contributed by atoms with van der Waals surface area (Å²) in [4.78, 5) is 0. The van der Waals surface area contributed by atoms with Crippen molar-refractivity contribution >= 4 is 0 Å². The second kappa shape index (κ2) is 3.35. The van der Waals surface area contributed by atoms with Crippen molar-refractivity contribution in [2.75, 3.05) is 0 Å². The lowest BCUT2D eigenvalue weighted by atomic mass is 9.98. The molecule has 0 bridgehead atoms. The van der Waals surface area contributed by atoms with E-state index in [0.717, 1.165) is 24.0 Å². The van der Waals surface area contributed by atoms with Gasteiger partial charge in [-0.1, -0.05) is 6.07 Å². The van der Waals surface area contributed by atoms with Crippen LogP contribution in [0, 0.1) is 25.6 Å². The van der Waals surface area contributed by atoms with Gasteiger partial charge in [0, 0.05) is 0 Å². The molecule has 76 valence electrons. The third kappa shape index (κ3) is 1.67. The van der Waals surface area contributed by atoms with Crippen molar-refractivity contribution in [3.8, 4) is 0 Å². The topological polar surface area (TPSA) is 20.2 Å². The minimum Gasteiger partial charge on any atom is -0.388 e. The molecule has 1 fully saturated rings. The largest absolute Gasteiger partial charge is 0.388 e. The zero-order valence-electron chi connectivity index (χ0n) is 8.55. The Morgan fingerprint density at radius 2 is 1.93 bits per heavy atom. The lowest BCUT2D eigenvalue weighted by Crippen LogP contribution is -2.03. The monoisotopic (exact) mass is 194 g/mol. The van der Waals surface area contributed by atoms with Gasteiger partial charge >= 0.3 is 0 Å². The highest BCUT2D eigenvalue weighted by Crippen LogP contribution is 2.42. The van der Waals surface area contributed by atoms with E-state index in [1.54, 1.807) is 13.0 Å². The van der Waals surface area contributed by atoms with Crippen molar-refractivity contribution in [2.24, 2.45) is 5.92 Å². The molecule has 14 heavy (non-hydrogen) atoms. The summed E-state index contributed by atoms with van der Waals surface area (Å²) in [5, 5.41) is 9.93. The minimum atomic E-state index is -0.394. The van der Waals surface area contributed by atoms with Gasteiger partial charge in [0.25, 0.3) is 0 Å². The highest BCUT2D eigenvalue weighted by atomic mass is 19.1. The maximum absolute atomic E-state index is 13.2. The second-order valence-corrected chi connectivity index (χ2v) is 4.24. The van der Waals surface area contributed by atoms with Crippen LogP contribution in [0.25, 0.3) is 0 Å². The molecule has 1 N–H and O–H groups in total. The third-order valence-electron chi connectivity index (χ3n) is 2.93. The van der Waals surface area contributed by atoms with E-state index >= 15 is 0 Å². The number of hydrogen-bond acceptors (Lipinski definition) is 1. The summed E-state index contributed by atoms with van der Waals surface area (Å²) in [7, 11) is 0. The number of hydrogen-bond donors (Lipinski definition) is 1. The number of aliphatic hydroxyl groups excluding tert-OH is 1. The fraction of sp³-hybridized carbons (Fsp3) is 0.500. The first-order valence-corrected chi connectivity index (χ1v) is 5.04. The van der Waals surface area contributed by atoms with Crippen LogP contribution in [-0.2, 0) is 0 Å². The summed E-state index contributed by atoms with van der Waals surface area (Å²) in [5.41, 5.74) is 2.37. The quantitative estimate of drug-likeness (QED) is 0.767. The first-order valence-electron chi connectivity index (χ1n) is 5.04. The number of aliphatic hydroxyl groups is 1. The first kappa shape index (κ1) is 9.66. The van der Waals surface area contributed by atoms with Crippen LogP contribution in [0.5, 0.6) is 0 Å². The Morgan fingerprint density at radius 1 is 1.29 bits per heavy atom. The van der Waals surface area contributed by atoms with E-state index in [1.807, 2.05) is 6.92 Å². The van der Waals surface area contributed by atoms with Gasteiger partial charge in [-0.05, 0) is 55.4 Å². The Labute approximate surface area is 83.6 Å². The van der Waals surface area contributed by atoms with Gasteiger partial charge < -0.3 is 5.11 Å². The van der Waals surface area contributed by atoms with Gasteiger partial charge in [-0.15, -0.1) is 0 Å². The lowest BCUT2D eigenvalue weighted by Gasteiger charge is -2.14. The zero-order valence-corrected chi connectivity index (χ0v) is 8.55. The van der Waals surface area contributed by atoms with Crippen molar-refractivity contribution in [1.82, 2.24) is 0 Å². The molecule has 1 aromatic carbocycles. The standard InChI is InChI=1S/C12H15FO/c1-7-6-11(13)8(2)5-10(7)12(14)9-3-4-9/h5-6,9,12,14H,3-4H2,1-2H3. The molecule has 2 rings (SSSR count). The highest BCUT2D eigenvalue weighted by Gasteiger charge is 2.31. The Hall–Kier alpha value is -0.890. The molecule has 1 saturated carbocycles. The molecule has 0 radical (unpaired) electrons. The Balaban J connectivity index is 2.36. The van der Waals surface area contributed by atoms with E-state index in [0.29, 0.717) is 11.5 Å². The molecule has 1 aliphatic rings. The Kier molecular flexibility index (Phi) is 2.31. The van der Waals surface area contributed by atoms with Crippen molar-refractivity contribution in [2.45, 2.75) is 32.8 Å². The van der Waals surface area contributed by atoms with Crippen LogP contribution in [0.15, 0.2) is 12.1 Å². The summed E-state index contributed by atoms with van der Waals surface area (Å²) >= 11 is 0. The molecule has 1 nitrogen and oxygen atoms in total. The highest BCUT2D eigenvalue weighted by molar-refractivity contribution is 5.34. The van der Waals surface area contributed by atoms with E-state index in [9.17, 15) is 9.50 Å². The van der Waals surface area contributed by atoms with Gasteiger partial charge in [0.05, 0.1) is 6.10 Å². The molecule has 2 heteroatoms. The summed E-state index contributed by atoms with van der Waals surface area (Å²) in [6.07, 6.45) is 1.79. The molecule has 1 aromatic rings. The van der Waals surface area contributed by atoms with Gasteiger partial charge in [-0.25, -0.2) is 4.39 Å². The van der Waals surface area contributed by atoms with Crippen LogP contribution in [-0.4, -0.2) is 5.11 Å². The normalized spacial score (nSPS) is 18.3. The van der Waals surface area contributed by atoms with E-state index in [1.165, 1.54) is 6.07 Å². The van der Waals surface area contributed by atoms with Gasteiger partial charge in [-0.3, -0.25) is 0 Å². The summed E-state index contributed by atoms with van der Waals surface area (Å²) in [6, 6.07) is 3.28. The smallest absolute Gasteiger partial charge is 0.126 e. The molecule has 0 aromatic heterocycles. The van der Waals surface area contributed by atoms with Gasteiger partial charge in [0.15, 0.2) is 0 Å². The van der Waals surface area contributed by atoms with Crippen LogP contribution in [0.3, 0.4) is 0 Å². The molecule has 0 heterocycles. The van der Waals surface area contributed by atoms with Crippen molar-refractivity contribution < 1.29 is 9.50 Å². The van der Waals surface area contributed by atoms with Crippen molar-refractivity contribution in [3.05, 3.63) is 34.6 Å². The lowest BCUT2D eigenvalue weighted by molar-refractivity contribution is 0.153. The van der Waals surface area contributed by atoms with E-state index in [4.69, 9.17) is 0 Å². The Bertz CT molecular complexity index is 356. The average molecular weight is 194 g/mol. The molecule has 1 atom stereocenters. The number of aryl methyl sites for hydroxylation is 2. The summed E-state index contributed by atoms with van der Waals surface area (Å²) < 4.78 is 13.2. The predicted octanol–water partition coefficient (Wildman–Crippen LogP) is 2.89. The van der Waals surface area contributed by atoms with E-state index in [-0.39, 0.29) is 5.82 Å². The van der Waals surface area contributed by atoms with E-state index in [2.05, 4.69) is 0 Å². The molecule has 1 aliphatic carbocycles. The molecular weight excluding hydrogens is 179 g/mol. The number of benzene rings is 1.